The fraction of sp³-hybridized carbons (Fsp3) is 0.538. The van der Waals surface area contributed by atoms with E-state index in [-0.39, 0.29) is 11.7 Å². The van der Waals surface area contributed by atoms with Gasteiger partial charge in [-0.3, -0.25) is 9.59 Å². The number of carbonyl (C=O) groups excluding carboxylic acids is 2. The lowest BCUT2D eigenvalue weighted by Gasteiger charge is -2.31. The lowest BCUT2D eigenvalue weighted by atomic mass is 10.1. The standard InChI is InChI=1S/C13H20N4O3/c14-4-3-10(13(19)17-7-5-15-6-8-17)16-12(18)11-2-1-9-20-11/h1-2,9-10,15H,3-8,14H2,(H,16,18)/t10-/m1/s1. The zero-order chi connectivity index (χ0) is 14.4. The number of amides is 2. The maximum absolute atomic E-state index is 12.4. The topological polar surface area (TPSA) is 101 Å². The molecule has 1 aromatic heterocycles. The van der Waals surface area contributed by atoms with Crippen LogP contribution in [-0.4, -0.2) is 55.5 Å². The molecular formula is C13H20N4O3. The van der Waals surface area contributed by atoms with Gasteiger partial charge in [0.1, 0.15) is 6.04 Å². The van der Waals surface area contributed by atoms with Crippen LogP contribution in [0.1, 0.15) is 17.0 Å². The molecule has 0 unspecified atom stereocenters. The zero-order valence-corrected chi connectivity index (χ0v) is 11.3. The number of hydrogen-bond donors (Lipinski definition) is 3. The van der Waals surface area contributed by atoms with E-state index in [0.29, 0.717) is 26.1 Å². The molecule has 20 heavy (non-hydrogen) atoms. The lowest BCUT2D eigenvalue weighted by molar-refractivity contribution is -0.133. The molecular weight excluding hydrogens is 260 g/mol. The molecule has 0 bridgehead atoms. The summed E-state index contributed by atoms with van der Waals surface area (Å²) >= 11 is 0. The van der Waals surface area contributed by atoms with Crippen LogP contribution in [0.2, 0.25) is 0 Å². The molecule has 1 atom stereocenters. The van der Waals surface area contributed by atoms with Crippen molar-refractivity contribution in [1.29, 1.82) is 0 Å². The Hall–Kier alpha value is -1.86. The molecule has 1 aliphatic heterocycles. The number of rotatable bonds is 5. The largest absolute Gasteiger partial charge is 0.459 e. The summed E-state index contributed by atoms with van der Waals surface area (Å²) in [6.45, 7) is 3.18. The zero-order valence-electron chi connectivity index (χ0n) is 11.3. The van der Waals surface area contributed by atoms with Crippen LogP contribution in [0.5, 0.6) is 0 Å². The predicted molar refractivity (Wildman–Crippen MR) is 73.1 cm³/mol. The molecule has 0 aromatic carbocycles. The van der Waals surface area contributed by atoms with E-state index in [4.69, 9.17) is 10.2 Å². The highest BCUT2D eigenvalue weighted by Gasteiger charge is 2.27. The van der Waals surface area contributed by atoms with Gasteiger partial charge >= 0.3 is 0 Å². The number of nitrogens with zero attached hydrogens (tertiary/aromatic N) is 1. The van der Waals surface area contributed by atoms with E-state index in [1.165, 1.54) is 6.26 Å². The Morgan fingerprint density at radius 2 is 2.20 bits per heavy atom. The second-order valence-electron chi connectivity index (χ2n) is 4.66. The first-order valence-electron chi connectivity index (χ1n) is 6.76. The Kier molecular flexibility index (Phi) is 5.14. The van der Waals surface area contributed by atoms with Crippen LogP contribution in [0.3, 0.4) is 0 Å². The molecule has 1 fully saturated rings. The minimum Gasteiger partial charge on any atom is -0.459 e. The van der Waals surface area contributed by atoms with E-state index in [0.717, 1.165) is 13.1 Å². The Balaban J connectivity index is 1.98. The first-order valence-corrected chi connectivity index (χ1v) is 6.76. The second-order valence-corrected chi connectivity index (χ2v) is 4.66. The highest BCUT2D eigenvalue weighted by Crippen LogP contribution is 2.05. The molecule has 2 amide bonds. The Bertz CT molecular complexity index is 440. The number of carbonyl (C=O) groups is 2. The SMILES string of the molecule is NCC[C@@H](NC(=O)c1ccco1)C(=O)N1CCNCC1. The van der Waals surface area contributed by atoms with E-state index < -0.39 is 11.9 Å². The van der Waals surface area contributed by atoms with Crippen molar-refractivity contribution in [1.82, 2.24) is 15.5 Å². The van der Waals surface area contributed by atoms with Crippen molar-refractivity contribution in [2.75, 3.05) is 32.7 Å². The van der Waals surface area contributed by atoms with Gasteiger partial charge in [-0.15, -0.1) is 0 Å². The van der Waals surface area contributed by atoms with Gasteiger partial charge in [-0.2, -0.15) is 0 Å². The molecule has 7 heteroatoms. The average Bonchev–Trinajstić information content (AvgIpc) is 3.01. The van der Waals surface area contributed by atoms with Gasteiger partial charge in [-0.1, -0.05) is 0 Å². The third-order valence-electron chi connectivity index (χ3n) is 3.23. The molecule has 0 aliphatic carbocycles. The van der Waals surface area contributed by atoms with Crippen LogP contribution >= 0.6 is 0 Å². The molecule has 1 saturated heterocycles. The molecule has 0 spiro atoms. The highest BCUT2D eigenvalue weighted by molar-refractivity contribution is 5.95. The average molecular weight is 280 g/mol. The fourth-order valence-corrected chi connectivity index (χ4v) is 2.17. The molecule has 0 saturated carbocycles. The van der Waals surface area contributed by atoms with Gasteiger partial charge in [0.15, 0.2) is 5.76 Å². The van der Waals surface area contributed by atoms with Gasteiger partial charge in [-0.25, -0.2) is 0 Å². The molecule has 0 radical (unpaired) electrons. The number of nitrogens with two attached hydrogens (primary N) is 1. The normalized spacial score (nSPS) is 16.8. The van der Waals surface area contributed by atoms with Gasteiger partial charge in [0.2, 0.25) is 5.91 Å². The van der Waals surface area contributed by atoms with Gasteiger partial charge < -0.3 is 25.7 Å². The number of nitrogens with one attached hydrogen (secondary N) is 2. The van der Waals surface area contributed by atoms with Crippen LogP contribution in [0.25, 0.3) is 0 Å². The first kappa shape index (κ1) is 14.5. The van der Waals surface area contributed by atoms with E-state index in [1.807, 2.05) is 0 Å². The maximum Gasteiger partial charge on any atom is 0.287 e. The summed E-state index contributed by atoms with van der Waals surface area (Å²) in [4.78, 5) is 26.1. The number of hydrogen-bond acceptors (Lipinski definition) is 5. The van der Waals surface area contributed by atoms with E-state index in [1.54, 1.807) is 17.0 Å². The second kappa shape index (κ2) is 7.06. The summed E-state index contributed by atoms with van der Waals surface area (Å²) in [6.07, 6.45) is 1.83. The van der Waals surface area contributed by atoms with E-state index in [9.17, 15) is 9.59 Å². The Morgan fingerprint density at radius 3 is 2.80 bits per heavy atom. The monoisotopic (exact) mass is 280 g/mol. The van der Waals surface area contributed by atoms with Crippen LogP contribution in [-0.2, 0) is 4.79 Å². The van der Waals surface area contributed by atoms with Gasteiger partial charge in [0, 0.05) is 26.2 Å². The molecule has 110 valence electrons. The summed E-state index contributed by atoms with van der Waals surface area (Å²) in [7, 11) is 0. The molecule has 7 nitrogen and oxygen atoms in total. The molecule has 1 aromatic rings. The smallest absolute Gasteiger partial charge is 0.287 e. The van der Waals surface area contributed by atoms with Gasteiger partial charge in [0.05, 0.1) is 6.26 Å². The molecule has 2 heterocycles. The van der Waals surface area contributed by atoms with E-state index in [2.05, 4.69) is 10.6 Å². The van der Waals surface area contributed by atoms with Crippen molar-refractivity contribution in [3.05, 3.63) is 24.2 Å². The van der Waals surface area contributed by atoms with Crippen molar-refractivity contribution < 1.29 is 14.0 Å². The minimum atomic E-state index is -0.601. The highest BCUT2D eigenvalue weighted by atomic mass is 16.3. The summed E-state index contributed by atoms with van der Waals surface area (Å²) in [5.74, 6) is -0.283. The first-order chi connectivity index (χ1) is 9.72. The van der Waals surface area contributed by atoms with Crippen LogP contribution in [0.4, 0.5) is 0 Å². The summed E-state index contributed by atoms with van der Waals surface area (Å²) < 4.78 is 5.02. The fourth-order valence-electron chi connectivity index (χ4n) is 2.17. The quantitative estimate of drug-likeness (QED) is 0.653. The number of piperazine rings is 1. The van der Waals surface area contributed by atoms with Crippen molar-refractivity contribution in [3.63, 3.8) is 0 Å². The van der Waals surface area contributed by atoms with E-state index >= 15 is 0 Å². The number of furan rings is 1. The Morgan fingerprint density at radius 1 is 1.45 bits per heavy atom. The van der Waals surface area contributed by atoms with Crippen molar-refractivity contribution in [3.8, 4) is 0 Å². The molecule has 4 N–H and O–H groups in total. The molecule has 2 rings (SSSR count). The van der Waals surface area contributed by atoms with Crippen molar-refractivity contribution in [2.45, 2.75) is 12.5 Å². The third-order valence-corrected chi connectivity index (χ3v) is 3.23. The van der Waals surface area contributed by atoms with Gasteiger partial charge in [0.25, 0.3) is 5.91 Å². The van der Waals surface area contributed by atoms with Crippen LogP contribution in [0.15, 0.2) is 22.8 Å². The lowest BCUT2D eigenvalue weighted by Crippen LogP contribution is -2.54. The van der Waals surface area contributed by atoms with Crippen molar-refractivity contribution in [2.24, 2.45) is 5.73 Å². The Labute approximate surface area is 117 Å². The summed E-state index contributed by atoms with van der Waals surface area (Å²) in [5, 5.41) is 5.88. The minimum absolute atomic E-state index is 0.0862. The van der Waals surface area contributed by atoms with Crippen LogP contribution < -0.4 is 16.4 Å². The predicted octanol–water partition coefficient (Wildman–Crippen LogP) is -0.841. The molecule has 1 aliphatic rings. The van der Waals surface area contributed by atoms with Gasteiger partial charge in [-0.05, 0) is 25.1 Å². The van der Waals surface area contributed by atoms with Crippen LogP contribution in [0, 0.1) is 0 Å². The summed E-state index contributed by atoms with van der Waals surface area (Å²) in [5.41, 5.74) is 5.53. The van der Waals surface area contributed by atoms with Crippen molar-refractivity contribution >= 4 is 11.8 Å². The summed E-state index contributed by atoms with van der Waals surface area (Å²) in [6, 6.07) is 2.59. The maximum atomic E-state index is 12.4. The third kappa shape index (κ3) is 3.58.